The van der Waals surface area contributed by atoms with Gasteiger partial charge in [-0.2, -0.15) is 18.2 Å². The first-order chi connectivity index (χ1) is 4.93. The Kier molecular flexibility index (Phi) is 7.32. The van der Waals surface area contributed by atoms with Crippen LogP contribution in [0.4, 0.5) is 0 Å². The van der Waals surface area contributed by atoms with E-state index in [1.54, 1.807) is 7.11 Å². The molecule has 0 saturated carbocycles. The molecule has 0 unspecified atom stereocenters. The Balaban J connectivity index is 0.000000371. The average Bonchev–Trinajstić information content (AvgIpc) is 2.10. The first-order valence-corrected chi connectivity index (χ1v) is 9.66. The van der Waals surface area contributed by atoms with Crippen LogP contribution in [0.2, 0.25) is 0 Å². The summed E-state index contributed by atoms with van der Waals surface area (Å²) >= 11 is 4.25. The molecule has 0 radical (unpaired) electrons. The summed E-state index contributed by atoms with van der Waals surface area (Å²) in [7, 11) is 1.63. The zero-order valence-electron chi connectivity index (χ0n) is 5.80. The summed E-state index contributed by atoms with van der Waals surface area (Å²) in [4.78, 5) is 0. The molecular weight excluding hydrogens is 245 g/mol. The van der Waals surface area contributed by atoms with Gasteiger partial charge >= 0.3 is 30.0 Å². The van der Waals surface area contributed by atoms with Gasteiger partial charge in [-0.3, -0.25) is 0 Å². The second-order valence-corrected chi connectivity index (χ2v) is 1.43. The molecule has 0 aromatic heterocycles. The molecule has 0 atom stereocenters. The SMILES string of the molecule is COc1[c-]cccc1.[Zn+][Br]. The number of rotatable bonds is 1. The van der Waals surface area contributed by atoms with Crippen LogP contribution in [-0.4, -0.2) is 7.11 Å². The van der Waals surface area contributed by atoms with Crippen LogP contribution < -0.4 is 4.74 Å². The first-order valence-electron chi connectivity index (χ1n) is 2.71. The van der Waals surface area contributed by atoms with Gasteiger partial charge in [-0.25, -0.2) is 0 Å². The molecule has 0 bridgehead atoms. The van der Waals surface area contributed by atoms with E-state index in [-0.39, 0.29) is 0 Å². The molecule has 1 aromatic rings. The van der Waals surface area contributed by atoms with Crippen LogP contribution in [0, 0.1) is 6.07 Å². The molecule has 0 heterocycles. The monoisotopic (exact) mass is 250 g/mol. The molecule has 10 heavy (non-hydrogen) atoms. The zero-order valence-corrected chi connectivity index (χ0v) is 10.4. The molecule has 3 heteroatoms. The molecule has 0 aliphatic heterocycles. The van der Waals surface area contributed by atoms with E-state index in [1.165, 1.54) is 16.3 Å². The van der Waals surface area contributed by atoms with E-state index >= 15 is 0 Å². The standard InChI is InChI=1S/C7H7O.BrH.Zn/c1-8-7-5-3-2-4-6-7;;/h2-5H,1H3;1H;/q-1;;+2/p-1. The first kappa shape index (κ1) is 10.1. The van der Waals surface area contributed by atoms with E-state index in [0.29, 0.717) is 0 Å². The molecule has 0 fully saturated rings. The Hall–Kier alpha value is 0.123. The fourth-order valence-corrected chi connectivity index (χ4v) is 0.504. The fourth-order valence-electron chi connectivity index (χ4n) is 0.504. The summed E-state index contributed by atoms with van der Waals surface area (Å²) in [5.41, 5.74) is 0. The van der Waals surface area contributed by atoms with E-state index < -0.39 is 0 Å². The van der Waals surface area contributed by atoms with Crippen LogP contribution in [0.15, 0.2) is 24.3 Å². The summed E-state index contributed by atoms with van der Waals surface area (Å²) in [6, 6.07) is 10.4. The van der Waals surface area contributed by atoms with Gasteiger partial charge in [-0.1, -0.05) is 0 Å². The molecule has 0 spiro atoms. The van der Waals surface area contributed by atoms with Crippen LogP contribution in [0.5, 0.6) is 5.75 Å². The van der Waals surface area contributed by atoms with Crippen LogP contribution in [0.25, 0.3) is 0 Å². The molecule has 50 valence electrons. The van der Waals surface area contributed by atoms with Crippen LogP contribution in [0.1, 0.15) is 0 Å². The average molecular weight is 252 g/mol. The normalized spacial score (nSPS) is 7.60. The Labute approximate surface area is 77.8 Å². The van der Waals surface area contributed by atoms with Gasteiger partial charge in [0.15, 0.2) is 0 Å². The third kappa shape index (κ3) is 4.02. The predicted octanol–water partition coefficient (Wildman–Crippen LogP) is 2.34. The Morgan fingerprint density at radius 3 is 2.50 bits per heavy atom. The summed E-state index contributed by atoms with van der Waals surface area (Å²) < 4.78 is 4.86. The van der Waals surface area contributed by atoms with Crippen molar-refractivity contribution in [1.29, 1.82) is 0 Å². The molecule has 0 aliphatic carbocycles. The number of halogens is 1. The third-order valence-corrected chi connectivity index (χ3v) is 0.900. The molecule has 0 amide bonds. The third-order valence-electron chi connectivity index (χ3n) is 0.900. The molecule has 1 nitrogen and oxygen atoms in total. The van der Waals surface area contributed by atoms with Crippen molar-refractivity contribution in [3.05, 3.63) is 30.3 Å². The van der Waals surface area contributed by atoms with E-state index in [2.05, 4.69) is 19.7 Å². The Bertz CT molecular complexity index is 155. The van der Waals surface area contributed by atoms with Gasteiger partial charge in [-0.05, 0) is 0 Å². The molecule has 0 N–H and O–H groups in total. The number of benzene rings is 1. The van der Waals surface area contributed by atoms with Gasteiger partial charge < -0.3 is 4.74 Å². The van der Waals surface area contributed by atoms with Crippen LogP contribution in [0.3, 0.4) is 0 Å². The van der Waals surface area contributed by atoms with E-state index in [9.17, 15) is 0 Å². The molecular formula is C7H7BrOZn. The topological polar surface area (TPSA) is 9.23 Å². The number of ether oxygens (including phenoxy) is 1. The number of para-hydroxylation sites is 1. The van der Waals surface area contributed by atoms with Crippen molar-refractivity contribution in [2.75, 3.05) is 7.11 Å². The van der Waals surface area contributed by atoms with Crippen molar-refractivity contribution >= 4 is 13.6 Å². The Morgan fingerprint density at radius 1 is 1.50 bits per heavy atom. The van der Waals surface area contributed by atoms with Gasteiger partial charge in [0.1, 0.15) is 0 Å². The van der Waals surface area contributed by atoms with Gasteiger partial charge in [0.05, 0.1) is 7.11 Å². The summed E-state index contributed by atoms with van der Waals surface area (Å²) in [6.45, 7) is 0. The number of hydrogen-bond donors (Lipinski definition) is 0. The van der Waals surface area contributed by atoms with Crippen LogP contribution in [-0.2, 0) is 16.3 Å². The molecule has 0 aliphatic rings. The summed E-state index contributed by atoms with van der Waals surface area (Å²) in [5.74, 6) is 0.785. The second-order valence-electron chi connectivity index (χ2n) is 1.43. The van der Waals surface area contributed by atoms with Gasteiger partial charge in [0.2, 0.25) is 0 Å². The Morgan fingerprint density at radius 2 is 2.20 bits per heavy atom. The van der Waals surface area contributed by atoms with Gasteiger partial charge in [0.25, 0.3) is 0 Å². The number of hydrogen-bond acceptors (Lipinski definition) is 1. The van der Waals surface area contributed by atoms with Crippen molar-refractivity contribution in [2.24, 2.45) is 0 Å². The summed E-state index contributed by atoms with van der Waals surface area (Å²) in [5, 5.41) is 0. The van der Waals surface area contributed by atoms with Crippen molar-refractivity contribution in [2.45, 2.75) is 0 Å². The molecule has 1 rings (SSSR count). The predicted molar refractivity (Wildman–Crippen MR) is 40.8 cm³/mol. The van der Waals surface area contributed by atoms with Crippen molar-refractivity contribution in [3.63, 3.8) is 0 Å². The minimum absolute atomic E-state index is 0.785. The van der Waals surface area contributed by atoms with E-state index in [0.717, 1.165) is 5.75 Å². The molecule has 1 aromatic carbocycles. The van der Waals surface area contributed by atoms with Crippen molar-refractivity contribution < 1.29 is 21.1 Å². The van der Waals surface area contributed by atoms with Crippen molar-refractivity contribution in [1.82, 2.24) is 0 Å². The summed E-state index contributed by atoms with van der Waals surface area (Å²) in [6.07, 6.45) is 0. The zero-order chi connectivity index (χ0) is 7.82. The van der Waals surface area contributed by atoms with E-state index in [1.807, 2.05) is 24.3 Å². The fraction of sp³-hybridized carbons (Fsp3) is 0.143. The maximum atomic E-state index is 4.86. The number of methoxy groups -OCH3 is 1. The molecule has 0 saturated heterocycles. The van der Waals surface area contributed by atoms with Crippen molar-refractivity contribution in [3.8, 4) is 5.75 Å². The van der Waals surface area contributed by atoms with Gasteiger partial charge in [-0.15, -0.1) is 12.1 Å². The van der Waals surface area contributed by atoms with E-state index in [4.69, 9.17) is 4.74 Å². The second kappa shape index (κ2) is 7.23. The minimum atomic E-state index is 0.785. The quantitative estimate of drug-likeness (QED) is 0.551. The maximum absolute atomic E-state index is 4.86. The van der Waals surface area contributed by atoms with Crippen LogP contribution >= 0.6 is 13.6 Å². The van der Waals surface area contributed by atoms with Gasteiger partial charge in [0, 0.05) is 5.75 Å².